The zero-order valence-corrected chi connectivity index (χ0v) is 15.9. The molecular weight excluding hydrogens is 415 g/mol. The monoisotopic (exact) mass is 436 g/mol. The number of benzene rings is 1. The van der Waals surface area contributed by atoms with E-state index in [9.17, 15) is 4.79 Å². The molecule has 1 N–H and O–H groups in total. The van der Waals surface area contributed by atoms with Crippen LogP contribution in [0.2, 0.25) is 0 Å². The number of piperazine rings is 1. The minimum Gasteiger partial charge on any atom is -0.354 e. The molecule has 0 aliphatic carbocycles. The lowest BCUT2D eigenvalue weighted by atomic mass is 10.2. The molecule has 3 rings (SSSR count). The number of carbonyl (C=O) groups is 1. The average Bonchev–Trinajstić information content (AvgIpc) is 2.61. The van der Waals surface area contributed by atoms with Crippen LogP contribution in [-0.2, 0) is 6.54 Å². The van der Waals surface area contributed by atoms with Crippen molar-refractivity contribution in [1.82, 2.24) is 15.2 Å². The SMILES string of the molecule is CN1CCN(c2ccc(CNC(=O)c3ccc(I)cc3)cn2)CC1. The smallest absolute Gasteiger partial charge is 0.251 e. The topological polar surface area (TPSA) is 48.5 Å². The first-order valence-corrected chi connectivity index (χ1v) is 9.12. The van der Waals surface area contributed by atoms with Crippen molar-refractivity contribution in [2.24, 2.45) is 0 Å². The highest BCUT2D eigenvalue weighted by Crippen LogP contribution is 2.13. The van der Waals surface area contributed by atoms with Crippen LogP contribution in [-0.4, -0.2) is 49.0 Å². The third kappa shape index (κ3) is 4.45. The first kappa shape index (κ1) is 17.2. The van der Waals surface area contributed by atoms with Gasteiger partial charge in [0, 0.05) is 48.1 Å². The molecule has 0 bridgehead atoms. The Kier molecular flexibility index (Phi) is 5.68. The predicted molar refractivity (Wildman–Crippen MR) is 104 cm³/mol. The molecule has 2 heterocycles. The molecule has 0 spiro atoms. The number of anilines is 1. The third-order valence-electron chi connectivity index (χ3n) is 4.20. The van der Waals surface area contributed by atoms with Crippen molar-refractivity contribution >= 4 is 34.3 Å². The number of amides is 1. The number of hydrogen-bond acceptors (Lipinski definition) is 4. The summed E-state index contributed by atoms with van der Waals surface area (Å²) in [4.78, 5) is 21.3. The largest absolute Gasteiger partial charge is 0.354 e. The Bertz CT molecular complexity index is 679. The van der Waals surface area contributed by atoms with Crippen LogP contribution in [0.25, 0.3) is 0 Å². The zero-order valence-electron chi connectivity index (χ0n) is 13.7. The third-order valence-corrected chi connectivity index (χ3v) is 4.92. The molecule has 1 aromatic heterocycles. The van der Waals surface area contributed by atoms with Gasteiger partial charge in [0.2, 0.25) is 0 Å². The van der Waals surface area contributed by atoms with Gasteiger partial charge in [-0.05, 0) is 65.5 Å². The Morgan fingerprint density at radius 3 is 2.46 bits per heavy atom. The Labute approximate surface area is 156 Å². The molecule has 0 atom stereocenters. The summed E-state index contributed by atoms with van der Waals surface area (Å²) < 4.78 is 1.12. The second-order valence-electron chi connectivity index (χ2n) is 6.00. The molecule has 24 heavy (non-hydrogen) atoms. The van der Waals surface area contributed by atoms with Gasteiger partial charge in [-0.3, -0.25) is 4.79 Å². The number of nitrogens with zero attached hydrogens (tertiary/aromatic N) is 3. The quantitative estimate of drug-likeness (QED) is 0.748. The van der Waals surface area contributed by atoms with E-state index in [1.807, 2.05) is 42.6 Å². The number of carbonyl (C=O) groups excluding carboxylic acids is 1. The fourth-order valence-electron chi connectivity index (χ4n) is 2.63. The van der Waals surface area contributed by atoms with Crippen molar-refractivity contribution in [1.29, 1.82) is 0 Å². The van der Waals surface area contributed by atoms with Gasteiger partial charge < -0.3 is 15.1 Å². The average molecular weight is 436 g/mol. The number of hydrogen-bond donors (Lipinski definition) is 1. The molecule has 1 amide bonds. The maximum absolute atomic E-state index is 12.1. The minimum absolute atomic E-state index is 0.0606. The summed E-state index contributed by atoms with van der Waals surface area (Å²) in [6, 6.07) is 11.6. The molecule has 1 aliphatic rings. The molecular formula is C18H21IN4O. The molecule has 0 saturated carbocycles. The molecule has 0 unspecified atom stereocenters. The molecule has 2 aromatic rings. The van der Waals surface area contributed by atoms with Crippen LogP contribution in [0.5, 0.6) is 0 Å². The number of pyridine rings is 1. The van der Waals surface area contributed by atoms with Crippen LogP contribution in [0.3, 0.4) is 0 Å². The van der Waals surface area contributed by atoms with E-state index in [2.05, 4.69) is 49.7 Å². The Morgan fingerprint density at radius 2 is 1.83 bits per heavy atom. The summed E-state index contributed by atoms with van der Waals surface area (Å²) in [6.45, 7) is 4.63. The van der Waals surface area contributed by atoms with Gasteiger partial charge in [-0.1, -0.05) is 6.07 Å². The first-order valence-electron chi connectivity index (χ1n) is 8.04. The van der Waals surface area contributed by atoms with Crippen LogP contribution < -0.4 is 10.2 Å². The molecule has 1 fully saturated rings. The number of halogens is 1. The van der Waals surface area contributed by atoms with E-state index in [-0.39, 0.29) is 5.91 Å². The number of nitrogens with one attached hydrogen (secondary N) is 1. The van der Waals surface area contributed by atoms with Crippen LogP contribution in [0.4, 0.5) is 5.82 Å². The molecule has 6 heteroatoms. The minimum atomic E-state index is -0.0606. The van der Waals surface area contributed by atoms with Gasteiger partial charge >= 0.3 is 0 Å². The Morgan fingerprint density at radius 1 is 1.12 bits per heavy atom. The molecule has 126 valence electrons. The molecule has 1 saturated heterocycles. The summed E-state index contributed by atoms with van der Waals surface area (Å²) in [6.07, 6.45) is 1.85. The van der Waals surface area contributed by atoms with Crippen LogP contribution >= 0.6 is 22.6 Å². The lowest BCUT2D eigenvalue weighted by Gasteiger charge is -2.33. The van der Waals surface area contributed by atoms with Crippen LogP contribution in [0.15, 0.2) is 42.6 Å². The van der Waals surface area contributed by atoms with Crippen molar-refractivity contribution in [2.45, 2.75) is 6.54 Å². The number of likely N-dealkylation sites (N-methyl/N-ethyl adjacent to an activating group) is 1. The summed E-state index contributed by atoms with van der Waals surface area (Å²) in [7, 11) is 2.14. The van der Waals surface area contributed by atoms with Crippen molar-refractivity contribution < 1.29 is 4.79 Å². The molecule has 5 nitrogen and oxygen atoms in total. The van der Waals surface area contributed by atoms with E-state index < -0.39 is 0 Å². The summed E-state index contributed by atoms with van der Waals surface area (Å²) in [5.74, 6) is 0.949. The van der Waals surface area contributed by atoms with E-state index in [1.54, 1.807) is 0 Å². The van der Waals surface area contributed by atoms with Crippen molar-refractivity contribution in [3.63, 3.8) is 0 Å². The molecule has 1 aliphatic heterocycles. The fraction of sp³-hybridized carbons (Fsp3) is 0.333. The zero-order chi connectivity index (χ0) is 16.9. The number of aromatic nitrogens is 1. The molecule has 0 radical (unpaired) electrons. The highest BCUT2D eigenvalue weighted by Gasteiger charge is 2.15. The highest BCUT2D eigenvalue weighted by atomic mass is 127. The van der Waals surface area contributed by atoms with Gasteiger partial charge in [0.15, 0.2) is 0 Å². The van der Waals surface area contributed by atoms with E-state index in [0.717, 1.165) is 41.1 Å². The second kappa shape index (κ2) is 7.94. The Hall–Kier alpha value is -1.67. The number of rotatable bonds is 4. The van der Waals surface area contributed by atoms with Crippen molar-refractivity contribution in [2.75, 3.05) is 38.1 Å². The standard InChI is InChI=1S/C18H21IN4O/c1-22-8-10-23(11-9-22)17-7-2-14(12-20-17)13-21-18(24)15-3-5-16(19)6-4-15/h2-7,12H,8-11,13H2,1H3,(H,21,24). The fourth-order valence-corrected chi connectivity index (χ4v) is 2.99. The van der Waals surface area contributed by atoms with Gasteiger partial charge in [0.05, 0.1) is 0 Å². The summed E-state index contributed by atoms with van der Waals surface area (Å²) in [5, 5.41) is 2.94. The Balaban J connectivity index is 1.54. The van der Waals surface area contributed by atoms with E-state index >= 15 is 0 Å². The van der Waals surface area contributed by atoms with Gasteiger partial charge in [-0.25, -0.2) is 4.98 Å². The second-order valence-corrected chi connectivity index (χ2v) is 7.25. The van der Waals surface area contributed by atoms with Gasteiger partial charge in [-0.15, -0.1) is 0 Å². The maximum Gasteiger partial charge on any atom is 0.251 e. The van der Waals surface area contributed by atoms with Gasteiger partial charge in [0.25, 0.3) is 5.91 Å². The molecule has 1 aromatic carbocycles. The summed E-state index contributed by atoms with van der Waals surface area (Å²) in [5.41, 5.74) is 1.68. The van der Waals surface area contributed by atoms with Gasteiger partial charge in [0.1, 0.15) is 5.82 Å². The van der Waals surface area contributed by atoms with Crippen LogP contribution in [0.1, 0.15) is 15.9 Å². The summed E-state index contributed by atoms with van der Waals surface area (Å²) >= 11 is 2.23. The van der Waals surface area contributed by atoms with Crippen LogP contribution in [0, 0.1) is 3.57 Å². The van der Waals surface area contributed by atoms with Gasteiger partial charge in [-0.2, -0.15) is 0 Å². The maximum atomic E-state index is 12.1. The lowest BCUT2D eigenvalue weighted by molar-refractivity contribution is 0.0951. The van der Waals surface area contributed by atoms with Crippen molar-refractivity contribution in [3.8, 4) is 0 Å². The first-order chi connectivity index (χ1) is 11.6. The van der Waals surface area contributed by atoms with E-state index in [4.69, 9.17) is 0 Å². The highest BCUT2D eigenvalue weighted by molar-refractivity contribution is 14.1. The van der Waals surface area contributed by atoms with Crippen molar-refractivity contribution in [3.05, 3.63) is 57.3 Å². The van der Waals surface area contributed by atoms with E-state index in [0.29, 0.717) is 12.1 Å². The van der Waals surface area contributed by atoms with E-state index in [1.165, 1.54) is 0 Å². The lowest BCUT2D eigenvalue weighted by Crippen LogP contribution is -2.44. The normalized spacial score (nSPS) is 15.3. The predicted octanol–water partition coefficient (Wildman–Crippen LogP) is 2.37.